The lowest BCUT2D eigenvalue weighted by Gasteiger charge is -2.40. The summed E-state index contributed by atoms with van der Waals surface area (Å²) in [7, 11) is 0. The van der Waals surface area contributed by atoms with Crippen LogP contribution in [0.15, 0.2) is 0 Å². The fraction of sp³-hybridized carbons (Fsp3) is 0.923. The highest BCUT2D eigenvalue weighted by Gasteiger charge is 2.51. The Balaban J connectivity index is 1.73. The summed E-state index contributed by atoms with van der Waals surface area (Å²) in [6, 6.07) is 0.535. The number of carbonyl (C=O) groups excluding carboxylic acids is 1. The second-order valence-corrected chi connectivity index (χ2v) is 6.17. The largest absolute Gasteiger partial charge is 0.349 e. The topological polar surface area (TPSA) is 41.1 Å². The first-order valence-corrected chi connectivity index (χ1v) is 6.71. The van der Waals surface area contributed by atoms with Gasteiger partial charge in [-0.1, -0.05) is 19.8 Å². The molecule has 16 heavy (non-hydrogen) atoms. The summed E-state index contributed by atoms with van der Waals surface area (Å²) in [5.74, 6) is 0.308. The number of nitrogens with one attached hydrogen (secondary N) is 2. The molecule has 1 amide bonds. The second kappa shape index (κ2) is 3.46. The van der Waals surface area contributed by atoms with Crippen molar-refractivity contribution in [1.82, 2.24) is 10.6 Å². The maximum atomic E-state index is 12.2. The highest BCUT2D eigenvalue weighted by Crippen LogP contribution is 2.46. The predicted octanol–water partition coefficient (Wildman–Crippen LogP) is 1.58. The molecule has 2 atom stereocenters. The minimum absolute atomic E-state index is 0.0284. The van der Waals surface area contributed by atoms with Crippen molar-refractivity contribution in [3.8, 4) is 0 Å². The summed E-state index contributed by atoms with van der Waals surface area (Å²) in [6.45, 7) is 3.17. The summed E-state index contributed by atoms with van der Waals surface area (Å²) < 4.78 is 0. The molecule has 2 unspecified atom stereocenters. The number of amides is 1. The molecular weight excluding hydrogens is 200 g/mol. The maximum Gasteiger partial charge on any atom is 0.226 e. The predicted molar refractivity (Wildman–Crippen MR) is 63.1 cm³/mol. The zero-order valence-electron chi connectivity index (χ0n) is 10.1. The number of fused-ring (bicyclic) bond motifs is 1. The van der Waals surface area contributed by atoms with E-state index in [4.69, 9.17) is 0 Å². The van der Waals surface area contributed by atoms with Gasteiger partial charge in [0.2, 0.25) is 5.91 Å². The Bertz CT molecular complexity index is 311. The normalized spacial score (nSPS) is 40.2. The maximum absolute atomic E-state index is 12.2. The van der Waals surface area contributed by atoms with Crippen LogP contribution in [0.3, 0.4) is 0 Å². The first kappa shape index (κ1) is 10.6. The lowest BCUT2D eigenvalue weighted by Crippen LogP contribution is -2.58. The van der Waals surface area contributed by atoms with Crippen molar-refractivity contribution in [2.24, 2.45) is 5.41 Å². The van der Waals surface area contributed by atoms with Gasteiger partial charge in [0.25, 0.3) is 0 Å². The standard InChI is InChI=1S/C13H22N2O/c1-12(6-7-12)11(16)15-13-5-3-2-4-10(13)14-9-8-13/h10,14H,2-9H2,1H3,(H,15,16). The van der Waals surface area contributed by atoms with Crippen LogP contribution in [0.25, 0.3) is 0 Å². The Morgan fingerprint density at radius 3 is 2.81 bits per heavy atom. The van der Waals surface area contributed by atoms with E-state index in [1.54, 1.807) is 0 Å². The lowest BCUT2D eigenvalue weighted by molar-refractivity contribution is -0.128. The summed E-state index contributed by atoms with van der Waals surface area (Å²) in [5.41, 5.74) is 0.0697. The van der Waals surface area contributed by atoms with Crippen LogP contribution in [0, 0.1) is 5.41 Å². The van der Waals surface area contributed by atoms with Gasteiger partial charge < -0.3 is 10.6 Å². The van der Waals surface area contributed by atoms with E-state index in [1.807, 2.05) is 0 Å². The van der Waals surface area contributed by atoms with Crippen LogP contribution in [0.1, 0.15) is 51.9 Å². The van der Waals surface area contributed by atoms with E-state index in [0.29, 0.717) is 11.9 Å². The highest BCUT2D eigenvalue weighted by molar-refractivity contribution is 5.85. The fourth-order valence-electron chi connectivity index (χ4n) is 3.31. The van der Waals surface area contributed by atoms with Crippen LogP contribution in [0.4, 0.5) is 0 Å². The van der Waals surface area contributed by atoms with Crippen LogP contribution < -0.4 is 10.6 Å². The van der Waals surface area contributed by atoms with E-state index in [-0.39, 0.29) is 11.0 Å². The summed E-state index contributed by atoms with van der Waals surface area (Å²) in [4.78, 5) is 12.2. The van der Waals surface area contributed by atoms with Crippen molar-refractivity contribution >= 4 is 5.91 Å². The van der Waals surface area contributed by atoms with E-state index in [0.717, 1.165) is 25.8 Å². The molecule has 0 aromatic rings. The minimum Gasteiger partial charge on any atom is -0.349 e. The number of rotatable bonds is 2. The molecular formula is C13H22N2O. The summed E-state index contributed by atoms with van der Waals surface area (Å²) in [6.07, 6.45) is 8.27. The van der Waals surface area contributed by atoms with Crippen molar-refractivity contribution in [3.63, 3.8) is 0 Å². The van der Waals surface area contributed by atoms with Gasteiger partial charge in [-0.3, -0.25) is 4.79 Å². The minimum atomic E-state index is -0.0284. The van der Waals surface area contributed by atoms with Crippen molar-refractivity contribution in [2.75, 3.05) is 6.54 Å². The third-order valence-electron chi connectivity index (χ3n) is 4.91. The molecule has 0 bridgehead atoms. The molecule has 2 saturated carbocycles. The lowest BCUT2D eigenvalue weighted by atomic mass is 9.77. The molecule has 3 aliphatic rings. The monoisotopic (exact) mass is 222 g/mol. The molecule has 3 fully saturated rings. The van der Waals surface area contributed by atoms with Crippen LogP contribution >= 0.6 is 0 Å². The summed E-state index contributed by atoms with van der Waals surface area (Å²) in [5, 5.41) is 6.96. The molecule has 0 aromatic heterocycles. The van der Waals surface area contributed by atoms with Crippen molar-refractivity contribution in [2.45, 2.75) is 63.5 Å². The molecule has 1 aliphatic heterocycles. The van der Waals surface area contributed by atoms with E-state index < -0.39 is 0 Å². The second-order valence-electron chi connectivity index (χ2n) is 6.17. The van der Waals surface area contributed by atoms with Crippen LogP contribution in [-0.2, 0) is 4.79 Å². The SMILES string of the molecule is CC1(C(=O)NC23CCCCC2NCC3)CC1. The molecule has 3 nitrogen and oxygen atoms in total. The fourth-order valence-corrected chi connectivity index (χ4v) is 3.31. The quantitative estimate of drug-likeness (QED) is 0.745. The Kier molecular flexibility index (Phi) is 2.29. The first-order chi connectivity index (χ1) is 7.65. The van der Waals surface area contributed by atoms with E-state index in [9.17, 15) is 4.79 Å². The Morgan fingerprint density at radius 2 is 2.06 bits per heavy atom. The van der Waals surface area contributed by atoms with E-state index in [1.165, 1.54) is 25.7 Å². The molecule has 2 aliphatic carbocycles. The van der Waals surface area contributed by atoms with Gasteiger partial charge in [-0.2, -0.15) is 0 Å². The van der Waals surface area contributed by atoms with E-state index in [2.05, 4.69) is 17.6 Å². The third kappa shape index (κ3) is 1.56. The molecule has 90 valence electrons. The van der Waals surface area contributed by atoms with Crippen molar-refractivity contribution in [3.05, 3.63) is 0 Å². The van der Waals surface area contributed by atoms with Crippen LogP contribution in [0.2, 0.25) is 0 Å². The van der Waals surface area contributed by atoms with Gasteiger partial charge in [0.15, 0.2) is 0 Å². The zero-order chi connectivity index (χ0) is 11.2. The molecule has 0 radical (unpaired) electrons. The van der Waals surface area contributed by atoms with Gasteiger partial charge in [-0.15, -0.1) is 0 Å². The highest BCUT2D eigenvalue weighted by atomic mass is 16.2. The average Bonchev–Trinajstić information content (AvgIpc) is 2.90. The van der Waals surface area contributed by atoms with Crippen molar-refractivity contribution in [1.29, 1.82) is 0 Å². The molecule has 2 N–H and O–H groups in total. The molecule has 1 heterocycles. The van der Waals surface area contributed by atoms with Gasteiger partial charge >= 0.3 is 0 Å². The molecule has 0 aromatic carbocycles. The molecule has 3 rings (SSSR count). The average molecular weight is 222 g/mol. The Labute approximate surface area is 97.4 Å². The van der Waals surface area contributed by atoms with Gasteiger partial charge in [-0.25, -0.2) is 0 Å². The molecule has 1 saturated heterocycles. The molecule has 0 spiro atoms. The van der Waals surface area contributed by atoms with Gasteiger partial charge in [-0.05, 0) is 38.6 Å². The van der Waals surface area contributed by atoms with Gasteiger partial charge in [0.05, 0.1) is 5.54 Å². The van der Waals surface area contributed by atoms with Crippen molar-refractivity contribution < 1.29 is 4.79 Å². The van der Waals surface area contributed by atoms with Crippen LogP contribution in [0.5, 0.6) is 0 Å². The zero-order valence-corrected chi connectivity index (χ0v) is 10.1. The van der Waals surface area contributed by atoms with Gasteiger partial charge in [0, 0.05) is 11.5 Å². The smallest absolute Gasteiger partial charge is 0.226 e. The Hall–Kier alpha value is -0.570. The number of hydrogen-bond donors (Lipinski definition) is 2. The molecule has 3 heteroatoms. The van der Waals surface area contributed by atoms with Gasteiger partial charge in [0.1, 0.15) is 0 Å². The summed E-state index contributed by atoms with van der Waals surface area (Å²) >= 11 is 0. The van der Waals surface area contributed by atoms with Crippen LogP contribution in [-0.4, -0.2) is 24.0 Å². The van der Waals surface area contributed by atoms with E-state index >= 15 is 0 Å². The third-order valence-corrected chi connectivity index (χ3v) is 4.91. The Morgan fingerprint density at radius 1 is 1.25 bits per heavy atom. The number of hydrogen-bond acceptors (Lipinski definition) is 2. The number of carbonyl (C=O) groups is 1. The first-order valence-electron chi connectivity index (χ1n) is 6.71.